The first-order chi connectivity index (χ1) is 8.25. The molecule has 94 valence electrons. The van der Waals surface area contributed by atoms with Crippen LogP contribution in [0.3, 0.4) is 0 Å². The van der Waals surface area contributed by atoms with Gasteiger partial charge in [0.15, 0.2) is 0 Å². The summed E-state index contributed by atoms with van der Waals surface area (Å²) in [6, 6.07) is 9.18. The summed E-state index contributed by atoms with van der Waals surface area (Å²) in [4.78, 5) is 2.56. The zero-order valence-electron chi connectivity index (χ0n) is 11.3. The second-order valence-electron chi connectivity index (χ2n) is 5.55. The van der Waals surface area contributed by atoms with E-state index in [9.17, 15) is 0 Å². The van der Waals surface area contributed by atoms with E-state index in [-0.39, 0.29) is 0 Å². The van der Waals surface area contributed by atoms with E-state index < -0.39 is 0 Å². The molecule has 0 unspecified atom stereocenters. The largest absolute Gasteiger partial charge is 0.303 e. The fourth-order valence-corrected chi connectivity index (χ4v) is 2.34. The standard InChI is InChI=1S/C16H25N/c1-14(2)16-9-7-15(8-10-16)6-3-4-11-17-12-5-13-17/h7-10,14H,3-6,11-13H2,1-2H3. The van der Waals surface area contributed by atoms with E-state index in [4.69, 9.17) is 0 Å². The number of benzene rings is 1. The van der Waals surface area contributed by atoms with Gasteiger partial charge in [-0.25, -0.2) is 0 Å². The summed E-state index contributed by atoms with van der Waals surface area (Å²) < 4.78 is 0. The second-order valence-corrected chi connectivity index (χ2v) is 5.55. The van der Waals surface area contributed by atoms with E-state index >= 15 is 0 Å². The van der Waals surface area contributed by atoms with Crippen LogP contribution < -0.4 is 0 Å². The Morgan fingerprint density at radius 1 is 1.06 bits per heavy atom. The van der Waals surface area contributed by atoms with Crippen LogP contribution >= 0.6 is 0 Å². The molecular weight excluding hydrogens is 206 g/mol. The molecule has 17 heavy (non-hydrogen) atoms. The first kappa shape index (κ1) is 12.6. The van der Waals surface area contributed by atoms with Gasteiger partial charge in [0.25, 0.3) is 0 Å². The SMILES string of the molecule is CC(C)c1ccc(CCCCN2CCC2)cc1. The molecule has 0 radical (unpaired) electrons. The van der Waals surface area contributed by atoms with E-state index in [1.54, 1.807) is 0 Å². The predicted octanol–water partition coefficient (Wildman–Crippen LogP) is 3.84. The third-order valence-corrected chi connectivity index (χ3v) is 3.78. The average Bonchev–Trinajstić information content (AvgIpc) is 2.27. The summed E-state index contributed by atoms with van der Waals surface area (Å²) in [5, 5.41) is 0. The zero-order valence-corrected chi connectivity index (χ0v) is 11.3. The quantitative estimate of drug-likeness (QED) is 0.672. The molecule has 1 aromatic rings. The fourth-order valence-electron chi connectivity index (χ4n) is 2.34. The molecule has 1 aromatic carbocycles. The number of hydrogen-bond acceptors (Lipinski definition) is 1. The van der Waals surface area contributed by atoms with Crippen molar-refractivity contribution < 1.29 is 0 Å². The molecular formula is C16H25N. The Hall–Kier alpha value is -0.820. The van der Waals surface area contributed by atoms with E-state index in [1.165, 1.54) is 56.4 Å². The Balaban J connectivity index is 1.67. The first-order valence-electron chi connectivity index (χ1n) is 7.07. The smallest absolute Gasteiger partial charge is 0.000654 e. The van der Waals surface area contributed by atoms with Gasteiger partial charge in [0.05, 0.1) is 0 Å². The van der Waals surface area contributed by atoms with Crippen molar-refractivity contribution in [3.05, 3.63) is 35.4 Å². The van der Waals surface area contributed by atoms with Gasteiger partial charge < -0.3 is 4.90 Å². The number of aryl methyl sites for hydroxylation is 1. The number of likely N-dealkylation sites (tertiary alicyclic amines) is 1. The fraction of sp³-hybridized carbons (Fsp3) is 0.625. The van der Waals surface area contributed by atoms with Gasteiger partial charge in [-0.15, -0.1) is 0 Å². The zero-order chi connectivity index (χ0) is 12.1. The Morgan fingerprint density at radius 2 is 1.76 bits per heavy atom. The van der Waals surface area contributed by atoms with Crippen molar-refractivity contribution in [2.45, 2.75) is 45.4 Å². The van der Waals surface area contributed by atoms with Crippen molar-refractivity contribution in [1.82, 2.24) is 4.90 Å². The molecule has 1 heteroatoms. The summed E-state index contributed by atoms with van der Waals surface area (Å²) in [7, 11) is 0. The van der Waals surface area contributed by atoms with Crippen molar-refractivity contribution in [3.8, 4) is 0 Å². The van der Waals surface area contributed by atoms with Crippen molar-refractivity contribution >= 4 is 0 Å². The molecule has 1 aliphatic rings. The van der Waals surface area contributed by atoms with Crippen molar-refractivity contribution in [1.29, 1.82) is 0 Å². The van der Waals surface area contributed by atoms with Crippen molar-refractivity contribution in [3.63, 3.8) is 0 Å². The van der Waals surface area contributed by atoms with Gasteiger partial charge in [0, 0.05) is 0 Å². The van der Waals surface area contributed by atoms with Crippen molar-refractivity contribution in [2.24, 2.45) is 0 Å². The van der Waals surface area contributed by atoms with Gasteiger partial charge in [-0.1, -0.05) is 38.1 Å². The highest BCUT2D eigenvalue weighted by Crippen LogP contribution is 2.16. The van der Waals surface area contributed by atoms with Crippen molar-refractivity contribution in [2.75, 3.05) is 19.6 Å². The van der Waals surface area contributed by atoms with Crippen LogP contribution in [0.4, 0.5) is 0 Å². The molecule has 2 rings (SSSR count). The highest BCUT2D eigenvalue weighted by Gasteiger charge is 2.11. The molecule has 0 bridgehead atoms. The molecule has 1 saturated heterocycles. The summed E-state index contributed by atoms with van der Waals surface area (Å²) in [6.45, 7) is 8.49. The molecule has 0 N–H and O–H groups in total. The summed E-state index contributed by atoms with van der Waals surface area (Å²) in [5.41, 5.74) is 2.95. The number of hydrogen-bond donors (Lipinski definition) is 0. The van der Waals surface area contributed by atoms with Crippen LogP contribution in [0.1, 0.15) is 50.2 Å². The van der Waals surface area contributed by atoms with E-state index in [2.05, 4.69) is 43.0 Å². The lowest BCUT2D eigenvalue weighted by molar-refractivity contribution is 0.178. The maximum Gasteiger partial charge on any atom is -0.000654 e. The van der Waals surface area contributed by atoms with E-state index in [0.29, 0.717) is 5.92 Å². The van der Waals surface area contributed by atoms with Crippen LogP contribution in [0, 0.1) is 0 Å². The number of nitrogens with zero attached hydrogens (tertiary/aromatic N) is 1. The predicted molar refractivity (Wildman–Crippen MR) is 74.5 cm³/mol. The first-order valence-corrected chi connectivity index (χ1v) is 7.07. The lowest BCUT2D eigenvalue weighted by Crippen LogP contribution is -2.37. The highest BCUT2D eigenvalue weighted by atomic mass is 15.2. The minimum Gasteiger partial charge on any atom is -0.303 e. The highest BCUT2D eigenvalue weighted by molar-refractivity contribution is 5.24. The average molecular weight is 231 g/mol. The van der Waals surface area contributed by atoms with E-state index in [0.717, 1.165) is 0 Å². The van der Waals surface area contributed by atoms with Gasteiger partial charge in [-0.2, -0.15) is 0 Å². The molecule has 0 amide bonds. The normalized spacial score (nSPS) is 16.2. The monoisotopic (exact) mass is 231 g/mol. The minimum absolute atomic E-state index is 0.649. The van der Waals surface area contributed by atoms with Gasteiger partial charge >= 0.3 is 0 Å². The van der Waals surface area contributed by atoms with Gasteiger partial charge in [0.1, 0.15) is 0 Å². The van der Waals surface area contributed by atoms with Crippen LogP contribution in [0.2, 0.25) is 0 Å². The molecule has 0 atom stereocenters. The van der Waals surface area contributed by atoms with Crippen LogP contribution in [0.5, 0.6) is 0 Å². The van der Waals surface area contributed by atoms with Crippen LogP contribution in [0.25, 0.3) is 0 Å². The lowest BCUT2D eigenvalue weighted by Gasteiger charge is -2.30. The summed E-state index contributed by atoms with van der Waals surface area (Å²) >= 11 is 0. The third kappa shape index (κ3) is 3.85. The van der Waals surface area contributed by atoms with Crippen LogP contribution in [-0.4, -0.2) is 24.5 Å². The van der Waals surface area contributed by atoms with Gasteiger partial charge in [-0.05, 0) is 62.4 Å². The maximum absolute atomic E-state index is 2.56. The Bertz CT molecular complexity index is 322. The topological polar surface area (TPSA) is 3.24 Å². The molecule has 1 nitrogen and oxygen atoms in total. The molecule has 1 fully saturated rings. The number of rotatable bonds is 6. The van der Waals surface area contributed by atoms with Crippen LogP contribution in [0.15, 0.2) is 24.3 Å². The molecule has 1 heterocycles. The lowest BCUT2D eigenvalue weighted by atomic mass is 10.00. The van der Waals surface area contributed by atoms with Gasteiger partial charge in [-0.3, -0.25) is 0 Å². The molecule has 0 aromatic heterocycles. The Kier molecular flexibility index (Phi) is 4.61. The molecule has 0 saturated carbocycles. The Labute approximate surface area is 106 Å². The van der Waals surface area contributed by atoms with E-state index in [1.807, 2.05) is 0 Å². The summed E-state index contributed by atoms with van der Waals surface area (Å²) in [5.74, 6) is 0.649. The molecule has 0 spiro atoms. The maximum atomic E-state index is 2.56. The van der Waals surface area contributed by atoms with Crippen LogP contribution in [-0.2, 0) is 6.42 Å². The second kappa shape index (κ2) is 6.20. The summed E-state index contributed by atoms with van der Waals surface area (Å²) in [6.07, 6.45) is 5.34. The Morgan fingerprint density at radius 3 is 2.29 bits per heavy atom. The minimum atomic E-state index is 0.649. The number of unbranched alkanes of at least 4 members (excludes halogenated alkanes) is 1. The molecule has 1 aliphatic heterocycles. The molecule has 0 aliphatic carbocycles. The van der Waals surface area contributed by atoms with Gasteiger partial charge in [0.2, 0.25) is 0 Å². The third-order valence-electron chi connectivity index (χ3n) is 3.78.